The van der Waals surface area contributed by atoms with Gasteiger partial charge in [0.05, 0.1) is 0 Å². The van der Waals surface area contributed by atoms with Gasteiger partial charge < -0.3 is 5.32 Å². The zero-order valence-corrected chi connectivity index (χ0v) is 11.2. The van der Waals surface area contributed by atoms with Gasteiger partial charge in [-0.1, -0.05) is 49.6 Å². The molecule has 0 saturated heterocycles. The van der Waals surface area contributed by atoms with Crippen molar-refractivity contribution in [2.45, 2.75) is 13.8 Å². The van der Waals surface area contributed by atoms with Crippen LogP contribution in [-0.4, -0.2) is 13.1 Å². The topological polar surface area (TPSA) is 12.0 Å². The second-order valence-corrected chi connectivity index (χ2v) is 3.14. The second-order valence-electron chi connectivity index (χ2n) is 3.14. The number of allylic oxidation sites excluding steroid dienone is 4. The molecule has 0 radical (unpaired) electrons. The Kier molecular flexibility index (Phi) is 15.1. The summed E-state index contributed by atoms with van der Waals surface area (Å²) in [5.41, 5.74) is 2.40. The van der Waals surface area contributed by atoms with Gasteiger partial charge in [-0.15, -0.1) is 13.2 Å². The third kappa shape index (κ3) is 10.7. The van der Waals surface area contributed by atoms with E-state index >= 15 is 0 Å². The Morgan fingerprint density at radius 1 is 1.00 bits per heavy atom. The third-order valence-corrected chi connectivity index (χ3v) is 2.06. The van der Waals surface area contributed by atoms with Crippen LogP contribution in [0.25, 0.3) is 0 Å². The smallest absolute Gasteiger partial charge is 0.0208 e. The normalized spacial score (nSPS) is 11.9. The summed E-state index contributed by atoms with van der Waals surface area (Å²) in [4.78, 5) is 0. The second kappa shape index (κ2) is 14.4. The van der Waals surface area contributed by atoms with Crippen molar-refractivity contribution in [1.29, 1.82) is 0 Å². The summed E-state index contributed by atoms with van der Waals surface area (Å²) >= 11 is 0. The highest BCUT2D eigenvalue weighted by Gasteiger charge is 1.92. The van der Waals surface area contributed by atoms with E-state index in [1.807, 2.05) is 38.2 Å². The molecule has 0 aromatic rings. The van der Waals surface area contributed by atoms with Gasteiger partial charge in [0.15, 0.2) is 0 Å². The number of nitrogens with one attached hydrogen (secondary N) is 1. The van der Waals surface area contributed by atoms with E-state index < -0.39 is 0 Å². The zero-order chi connectivity index (χ0) is 13.5. The average Bonchev–Trinajstić information content (AvgIpc) is 2.40. The fourth-order valence-corrected chi connectivity index (χ4v) is 1.06. The molecule has 0 aromatic carbocycles. The predicted molar refractivity (Wildman–Crippen MR) is 81.2 cm³/mol. The lowest BCUT2D eigenvalue weighted by atomic mass is 10.2. The molecule has 0 rings (SSSR count). The van der Waals surface area contributed by atoms with Gasteiger partial charge in [0.2, 0.25) is 0 Å². The molecular weight excluding hydrogens is 206 g/mol. The molecule has 0 aliphatic carbocycles. The largest absolute Gasteiger partial charge is 0.309 e. The van der Waals surface area contributed by atoms with Crippen LogP contribution in [0.3, 0.4) is 0 Å². The number of hydrogen-bond acceptors (Lipinski definition) is 1. The minimum Gasteiger partial charge on any atom is -0.309 e. The average molecular weight is 231 g/mol. The maximum Gasteiger partial charge on any atom is 0.0208 e. The lowest BCUT2D eigenvalue weighted by Crippen LogP contribution is -2.18. The van der Waals surface area contributed by atoms with E-state index in [1.54, 1.807) is 0 Å². The summed E-state index contributed by atoms with van der Waals surface area (Å²) in [5.74, 6) is 0. The van der Waals surface area contributed by atoms with E-state index in [0.29, 0.717) is 0 Å². The van der Waals surface area contributed by atoms with Crippen LogP contribution in [0.2, 0.25) is 0 Å². The Hall–Kier alpha value is -1.60. The van der Waals surface area contributed by atoms with Crippen molar-refractivity contribution in [2.24, 2.45) is 0 Å². The zero-order valence-electron chi connectivity index (χ0n) is 11.2. The Morgan fingerprint density at radius 3 is 1.94 bits per heavy atom. The molecule has 0 atom stereocenters. The summed E-state index contributed by atoms with van der Waals surface area (Å²) in [6.07, 6.45) is 11.9. The van der Waals surface area contributed by atoms with Crippen LogP contribution in [0.4, 0.5) is 0 Å². The first-order chi connectivity index (χ1) is 8.28. The maximum absolute atomic E-state index is 3.78. The minimum atomic E-state index is 0.832. The summed E-state index contributed by atoms with van der Waals surface area (Å²) in [7, 11) is 0. The van der Waals surface area contributed by atoms with Gasteiger partial charge in [-0.05, 0) is 25.0 Å². The monoisotopic (exact) mass is 231 g/mol. The predicted octanol–water partition coefficient (Wildman–Crippen LogP) is 4.20. The van der Waals surface area contributed by atoms with Crippen LogP contribution in [-0.2, 0) is 0 Å². The van der Waals surface area contributed by atoms with E-state index in [2.05, 4.69) is 43.8 Å². The van der Waals surface area contributed by atoms with E-state index in [0.717, 1.165) is 13.1 Å². The molecule has 0 spiro atoms. The standard InChI is InChI=1S/C14H21N.C2H4/c1-5-9-10-14(8-4)12-15-11-13(6-2)7-3;1-2/h5-10,15H,2,4,11-12H2,1,3H3;1-2H2/b9-5-,13-7+,14-10+;. The number of hydrogen-bond donors (Lipinski definition) is 1. The van der Waals surface area contributed by atoms with E-state index in [1.165, 1.54) is 11.1 Å². The lowest BCUT2D eigenvalue weighted by molar-refractivity contribution is 0.809. The Bertz CT molecular complexity index is 293. The molecule has 0 unspecified atom stereocenters. The van der Waals surface area contributed by atoms with E-state index in [9.17, 15) is 0 Å². The fraction of sp³-hybridized carbons (Fsp3) is 0.250. The van der Waals surface area contributed by atoms with E-state index in [-0.39, 0.29) is 0 Å². The van der Waals surface area contributed by atoms with Crippen molar-refractivity contribution < 1.29 is 0 Å². The fourth-order valence-electron chi connectivity index (χ4n) is 1.06. The highest BCUT2D eigenvalue weighted by atomic mass is 14.8. The Balaban J connectivity index is 0. The van der Waals surface area contributed by atoms with Crippen molar-refractivity contribution in [2.75, 3.05) is 13.1 Å². The summed E-state index contributed by atoms with van der Waals surface area (Å²) in [6, 6.07) is 0. The summed E-state index contributed by atoms with van der Waals surface area (Å²) in [6.45, 7) is 19.2. The molecular formula is C16H25N. The third-order valence-electron chi connectivity index (χ3n) is 2.06. The molecule has 0 heterocycles. The molecule has 0 aromatic heterocycles. The van der Waals surface area contributed by atoms with Crippen molar-refractivity contribution in [3.05, 3.63) is 73.9 Å². The van der Waals surface area contributed by atoms with Crippen LogP contribution in [0.15, 0.2) is 73.9 Å². The molecule has 0 aliphatic heterocycles. The van der Waals surface area contributed by atoms with E-state index in [4.69, 9.17) is 0 Å². The van der Waals surface area contributed by atoms with Crippen LogP contribution < -0.4 is 5.32 Å². The molecule has 0 aliphatic rings. The molecule has 0 fully saturated rings. The highest BCUT2D eigenvalue weighted by molar-refractivity contribution is 5.24. The molecule has 17 heavy (non-hydrogen) atoms. The van der Waals surface area contributed by atoms with Crippen LogP contribution in [0.5, 0.6) is 0 Å². The molecule has 0 bridgehead atoms. The van der Waals surface area contributed by atoms with Crippen LogP contribution in [0.1, 0.15) is 13.8 Å². The van der Waals surface area contributed by atoms with Crippen molar-refractivity contribution >= 4 is 0 Å². The van der Waals surface area contributed by atoms with Gasteiger partial charge in [-0.3, -0.25) is 0 Å². The van der Waals surface area contributed by atoms with Crippen molar-refractivity contribution in [1.82, 2.24) is 5.32 Å². The molecule has 94 valence electrons. The molecule has 0 saturated carbocycles. The molecule has 0 amide bonds. The SMILES string of the molecule is C=C.C=C/C(=C\C)CNC/C(C=C)=C/C=C\C. The molecule has 1 heteroatoms. The van der Waals surface area contributed by atoms with Gasteiger partial charge in [-0.2, -0.15) is 0 Å². The Morgan fingerprint density at radius 2 is 1.53 bits per heavy atom. The first-order valence-electron chi connectivity index (χ1n) is 5.71. The van der Waals surface area contributed by atoms with Crippen molar-refractivity contribution in [3.8, 4) is 0 Å². The number of rotatable bonds is 7. The van der Waals surface area contributed by atoms with Gasteiger partial charge in [0.25, 0.3) is 0 Å². The quantitative estimate of drug-likeness (QED) is 0.511. The van der Waals surface area contributed by atoms with Crippen molar-refractivity contribution in [3.63, 3.8) is 0 Å². The summed E-state index contributed by atoms with van der Waals surface area (Å²) in [5, 5.41) is 3.33. The van der Waals surface area contributed by atoms with Gasteiger partial charge in [0.1, 0.15) is 0 Å². The van der Waals surface area contributed by atoms with Gasteiger partial charge >= 0.3 is 0 Å². The van der Waals surface area contributed by atoms with Gasteiger partial charge in [0, 0.05) is 13.1 Å². The Labute approximate surface area is 107 Å². The highest BCUT2D eigenvalue weighted by Crippen LogP contribution is 1.96. The van der Waals surface area contributed by atoms with Crippen LogP contribution >= 0.6 is 0 Å². The van der Waals surface area contributed by atoms with Gasteiger partial charge in [-0.25, -0.2) is 0 Å². The minimum absolute atomic E-state index is 0.832. The first-order valence-corrected chi connectivity index (χ1v) is 5.71. The lowest BCUT2D eigenvalue weighted by Gasteiger charge is -2.05. The molecule has 1 nitrogen and oxygen atoms in total. The van der Waals surface area contributed by atoms with Crippen LogP contribution in [0, 0.1) is 0 Å². The summed E-state index contributed by atoms with van der Waals surface area (Å²) < 4.78 is 0. The maximum atomic E-state index is 3.78. The first kappa shape index (κ1) is 17.8. The molecule has 1 N–H and O–H groups in total.